The molecule has 2 aromatic heterocycles. The van der Waals surface area contributed by atoms with Crippen LogP contribution in [-0.4, -0.2) is 37.8 Å². The molecule has 0 N–H and O–H groups in total. The predicted octanol–water partition coefficient (Wildman–Crippen LogP) is 2.94. The van der Waals surface area contributed by atoms with Crippen molar-refractivity contribution in [2.24, 2.45) is 0 Å². The van der Waals surface area contributed by atoms with Crippen molar-refractivity contribution in [3.8, 4) is 11.3 Å². The second-order valence-electron chi connectivity index (χ2n) is 6.01. The van der Waals surface area contributed by atoms with E-state index in [1.54, 1.807) is 18.1 Å². The minimum atomic E-state index is -0.0360. The molecule has 3 aromatic rings. The van der Waals surface area contributed by atoms with E-state index >= 15 is 0 Å². The van der Waals surface area contributed by atoms with E-state index in [9.17, 15) is 4.79 Å². The highest BCUT2D eigenvalue weighted by Crippen LogP contribution is 2.19. The molecule has 0 aliphatic rings. The van der Waals surface area contributed by atoms with Crippen molar-refractivity contribution in [2.45, 2.75) is 26.9 Å². The molecule has 6 heteroatoms. The van der Waals surface area contributed by atoms with Crippen molar-refractivity contribution in [3.63, 3.8) is 0 Å². The number of hydrogen-bond donors (Lipinski definition) is 0. The molecule has 6 nitrogen and oxygen atoms in total. The average Bonchev–Trinajstić information content (AvgIpc) is 3.09. The summed E-state index contributed by atoms with van der Waals surface area (Å²) in [7, 11) is 1.80. The zero-order valence-corrected chi connectivity index (χ0v) is 14.7. The number of benzene rings is 1. The summed E-state index contributed by atoms with van der Waals surface area (Å²) in [5, 5.41) is 12.5. The lowest BCUT2D eigenvalue weighted by atomic mass is 10.1. The third kappa shape index (κ3) is 3.91. The van der Waals surface area contributed by atoms with Crippen molar-refractivity contribution in [1.82, 2.24) is 24.9 Å². The van der Waals surface area contributed by atoms with Crippen molar-refractivity contribution in [2.75, 3.05) is 7.05 Å². The van der Waals surface area contributed by atoms with Gasteiger partial charge in [0.2, 0.25) is 0 Å². The molecule has 0 fully saturated rings. The number of carbonyl (C=O) groups is 1. The van der Waals surface area contributed by atoms with E-state index < -0.39 is 0 Å². The first kappa shape index (κ1) is 16.8. The van der Waals surface area contributed by atoms with Gasteiger partial charge < -0.3 is 4.90 Å². The summed E-state index contributed by atoms with van der Waals surface area (Å²) in [6, 6.07) is 11.3. The number of carbonyl (C=O) groups excluding carboxylic acids is 1. The van der Waals surface area contributed by atoms with E-state index in [-0.39, 0.29) is 5.91 Å². The van der Waals surface area contributed by atoms with Crippen LogP contribution in [0.3, 0.4) is 0 Å². The Labute approximate surface area is 147 Å². The van der Waals surface area contributed by atoms with Gasteiger partial charge in [0.05, 0.1) is 17.6 Å². The van der Waals surface area contributed by atoms with Crippen LogP contribution >= 0.6 is 0 Å². The Hall–Kier alpha value is -3.02. The van der Waals surface area contributed by atoms with Crippen molar-refractivity contribution < 1.29 is 4.79 Å². The van der Waals surface area contributed by atoms with Gasteiger partial charge in [0, 0.05) is 43.0 Å². The Morgan fingerprint density at radius 3 is 2.72 bits per heavy atom. The fourth-order valence-electron chi connectivity index (χ4n) is 2.59. The molecule has 0 unspecified atom stereocenters. The molecule has 0 radical (unpaired) electrons. The van der Waals surface area contributed by atoms with Gasteiger partial charge in [-0.05, 0) is 38.1 Å². The third-order valence-electron chi connectivity index (χ3n) is 3.98. The second-order valence-corrected chi connectivity index (χ2v) is 6.01. The van der Waals surface area contributed by atoms with Gasteiger partial charge in [-0.2, -0.15) is 15.3 Å². The molecular formula is C19H21N5O. The van der Waals surface area contributed by atoms with Crippen LogP contribution in [0.1, 0.15) is 28.5 Å². The molecule has 25 heavy (non-hydrogen) atoms. The van der Waals surface area contributed by atoms with Crippen LogP contribution in [0.5, 0.6) is 0 Å². The van der Waals surface area contributed by atoms with Gasteiger partial charge in [0.15, 0.2) is 0 Å². The maximum Gasteiger partial charge on any atom is 0.253 e. The van der Waals surface area contributed by atoms with E-state index in [0.717, 1.165) is 29.1 Å². The number of aromatic nitrogens is 4. The first-order valence-electron chi connectivity index (χ1n) is 8.24. The van der Waals surface area contributed by atoms with Crippen molar-refractivity contribution >= 4 is 5.91 Å². The second kappa shape index (κ2) is 7.25. The Morgan fingerprint density at radius 2 is 2.04 bits per heavy atom. The standard InChI is InChI=1S/C19H21N5O/c1-4-24-13-15(11-20-24)12-23(3)19(25)17-7-5-6-16(10-17)18-9-8-14(2)21-22-18/h5-11,13H,4,12H2,1-3H3. The Kier molecular flexibility index (Phi) is 4.88. The Bertz CT molecular complexity index is 870. The molecule has 0 bridgehead atoms. The molecule has 2 heterocycles. The van der Waals surface area contributed by atoms with E-state index in [1.165, 1.54) is 0 Å². The maximum atomic E-state index is 12.7. The first-order valence-corrected chi connectivity index (χ1v) is 8.24. The van der Waals surface area contributed by atoms with Crippen LogP contribution in [0.15, 0.2) is 48.8 Å². The summed E-state index contributed by atoms with van der Waals surface area (Å²) < 4.78 is 1.85. The van der Waals surface area contributed by atoms with E-state index in [1.807, 2.05) is 61.1 Å². The molecule has 1 aromatic carbocycles. The zero-order valence-electron chi connectivity index (χ0n) is 14.7. The van der Waals surface area contributed by atoms with E-state index in [0.29, 0.717) is 12.1 Å². The molecule has 1 amide bonds. The van der Waals surface area contributed by atoms with Gasteiger partial charge in [-0.25, -0.2) is 0 Å². The van der Waals surface area contributed by atoms with Gasteiger partial charge in [-0.1, -0.05) is 12.1 Å². The number of amides is 1. The first-order chi connectivity index (χ1) is 12.1. The molecule has 0 aliphatic heterocycles. The minimum Gasteiger partial charge on any atom is -0.337 e. The highest BCUT2D eigenvalue weighted by atomic mass is 16.2. The number of aryl methyl sites for hydroxylation is 2. The molecule has 0 saturated heterocycles. The fourth-order valence-corrected chi connectivity index (χ4v) is 2.59. The fraction of sp³-hybridized carbons (Fsp3) is 0.263. The predicted molar refractivity (Wildman–Crippen MR) is 95.9 cm³/mol. The topological polar surface area (TPSA) is 63.9 Å². The van der Waals surface area contributed by atoms with Crippen LogP contribution in [0.2, 0.25) is 0 Å². The third-order valence-corrected chi connectivity index (χ3v) is 3.98. The number of hydrogen-bond acceptors (Lipinski definition) is 4. The van der Waals surface area contributed by atoms with Gasteiger partial charge in [-0.15, -0.1) is 0 Å². The summed E-state index contributed by atoms with van der Waals surface area (Å²) in [5.41, 5.74) is 4.14. The lowest BCUT2D eigenvalue weighted by Gasteiger charge is -2.16. The van der Waals surface area contributed by atoms with Gasteiger partial charge >= 0.3 is 0 Å². The lowest BCUT2D eigenvalue weighted by Crippen LogP contribution is -2.26. The molecule has 0 atom stereocenters. The smallest absolute Gasteiger partial charge is 0.253 e. The Balaban J connectivity index is 1.77. The quantitative estimate of drug-likeness (QED) is 0.719. The summed E-state index contributed by atoms with van der Waals surface area (Å²) in [6.45, 7) is 5.27. The lowest BCUT2D eigenvalue weighted by molar-refractivity contribution is 0.0785. The SMILES string of the molecule is CCn1cc(CN(C)C(=O)c2cccc(-c3ccc(C)nn3)c2)cn1. The average molecular weight is 335 g/mol. The molecule has 128 valence electrons. The van der Waals surface area contributed by atoms with Crippen LogP contribution in [-0.2, 0) is 13.1 Å². The molecule has 0 saturated carbocycles. The molecule has 0 aliphatic carbocycles. The Morgan fingerprint density at radius 1 is 1.20 bits per heavy atom. The zero-order chi connectivity index (χ0) is 17.8. The van der Waals surface area contributed by atoms with Crippen LogP contribution in [0.25, 0.3) is 11.3 Å². The van der Waals surface area contributed by atoms with Crippen molar-refractivity contribution in [3.05, 3.63) is 65.6 Å². The monoisotopic (exact) mass is 335 g/mol. The maximum absolute atomic E-state index is 12.7. The molecular weight excluding hydrogens is 314 g/mol. The van der Waals surface area contributed by atoms with E-state index in [2.05, 4.69) is 15.3 Å². The number of rotatable bonds is 5. The van der Waals surface area contributed by atoms with Crippen LogP contribution in [0.4, 0.5) is 0 Å². The summed E-state index contributed by atoms with van der Waals surface area (Å²) in [6.07, 6.45) is 3.76. The minimum absolute atomic E-state index is 0.0360. The van der Waals surface area contributed by atoms with Gasteiger partial charge in [-0.3, -0.25) is 9.48 Å². The highest BCUT2D eigenvalue weighted by molar-refractivity contribution is 5.95. The van der Waals surface area contributed by atoms with Crippen molar-refractivity contribution in [1.29, 1.82) is 0 Å². The molecule has 3 rings (SSSR count). The van der Waals surface area contributed by atoms with Gasteiger partial charge in [0.25, 0.3) is 5.91 Å². The summed E-state index contributed by atoms with van der Waals surface area (Å²) in [4.78, 5) is 14.4. The summed E-state index contributed by atoms with van der Waals surface area (Å²) in [5.74, 6) is -0.0360. The van der Waals surface area contributed by atoms with Crippen LogP contribution < -0.4 is 0 Å². The normalized spacial score (nSPS) is 10.7. The summed E-state index contributed by atoms with van der Waals surface area (Å²) >= 11 is 0. The largest absolute Gasteiger partial charge is 0.337 e. The van der Waals surface area contributed by atoms with E-state index in [4.69, 9.17) is 0 Å². The number of nitrogens with zero attached hydrogens (tertiary/aromatic N) is 5. The highest BCUT2D eigenvalue weighted by Gasteiger charge is 2.14. The molecule has 0 spiro atoms. The van der Waals surface area contributed by atoms with Crippen LogP contribution in [0, 0.1) is 6.92 Å². The van der Waals surface area contributed by atoms with Gasteiger partial charge in [0.1, 0.15) is 0 Å².